The summed E-state index contributed by atoms with van der Waals surface area (Å²) < 4.78 is 5.22. The van der Waals surface area contributed by atoms with Gasteiger partial charge in [-0.25, -0.2) is 0 Å². The molecule has 1 N–H and O–H groups in total. The molecular weight excluding hydrogens is 262 g/mol. The fourth-order valence-electron chi connectivity index (χ4n) is 3.31. The highest BCUT2D eigenvalue weighted by molar-refractivity contribution is 5.22. The van der Waals surface area contributed by atoms with E-state index in [1.165, 1.54) is 11.1 Å². The van der Waals surface area contributed by atoms with Gasteiger partial charge in [-0.05, 0) is 43.4 Å². The number of likely N-dealkylation sites (tertiary alicyclic amines) is 1. The van der Waals surface area contributed by atoms with Crippen molar-refractivity contribution in [1.29, 1.82) is 0 Å². The van der Waals surface area contributed by atoms with E-state index in [0.29, 0.717) is 0 Å². The lowest BCUT2D eigenvalue weighted by Gasteiger charge is -2.42. The van der Waals surface area contributed by atoms with Crippen molar-refractivity contribution in [3.05, 3.63) is 35.4 Å². The van der Waals surface area contributed by atoms with Crippen LogP contribution in [0.5, 0.6) is 0 Å². The van der Waals surface area contributed by atoms with E-state index < -0.39 is 0 Å². The molecule has 2 rings (SSSR count). The number of aryl methyl sites for hydroxylation is 1. The van der Waals surface area contributed by atoms with Crippen molar-refractivity contribution >= 4 is 0 Å². The molecule has 0 saturated carbocycles. The lowest BCUT2D eigenvalue weighted by Crippen LogP contribution is -2.45. The highest BCUT2D eigenvalue weighted by Crippen LogP contribution is 2.33. The average Bonchev–Trinajstić information content (AvgIpc) is 2.54. The second-order valence-corrected chi connectivity index (χ2v) is 6.39. The van der Waals surface area contributed by atoms with Crippen LogP contribution in [-0.4, -0.2) is 43.4 Å². The molecular formula is C18H29NO2. The third kappa shape index (κ3) is 4.53. The van der Waals surface area contributed by atoms with Crippen LogP contribution in [-0.2, 0) is 17.7 Å². The van der Waals surface area contributed by atoms with Crippen LogP contribution in [0.4, 0.5) is 0 Å². The topological polar surface area (TPSA) is 32.7 Å². The third-order valence-electron chi connectivity index (χ3n) is 4.75. The molecule has 3 heteroatoms. The molecule has 21 heavy (non-hydrogen) atoms. The Balaban J connectivity index is 1.96. The maximum absolute atomic E-state index is 9.84. The van der Waals surface area contributed by atoms with Gasteiger partial charge >= 0.3 is 0 Å². The van der Waals surface area contributed by atoms with Crippen molar-refractivity contribution < 1.29 is 9.84 Å². The van der Waals surface area contributed by atoms with Gasteiger partial charge in [0.05, 0.1) is 6.61 Å². The van der Waals surface area contributed by atoms with Crippen molar-refractivity contribution in [3.63, 3.8) is 0 Å². The largest absolute Gasteiger partial charge is 0.396 e. The summed E-state index contributed by atoms with van der Waals surface area (Å²) in [6, 6.07) is 8.93. The summed E-state index contributed by atoms with van der Waals surface area (Å²) in [6.45, 7) is 6.28. The number of benzene rings is 1. The zero-order valence-electron chi connectivity index (χ0n) is 13.5. The molecule has 0 unspecified atom stereocenters. The smallest absolute Gasteiger partial charge is 0.0500 e. The van der Waals surface area contributed by atoms with Gasteiger partial charge in [-0.1, -0.05) is 31.2 Å². The SMILES string of the molecule is CCc1ccc(CN2CCC[C@](CO)(CCOC)C2)cc1. The maximum atomic E-state index is 9.84. The Morgan fingerprint density at radius 3 is 2.57 bits per heavy atom. The lowest BCUT2D eigenvalue weighted by atomic mass is 9.78. The normalized spacial score (nSPS) is 23.4. The van der Waals surface area contributed by atoms with Crippen molar-refractivity contribution in [1.82, 2.24) is 4.90 Å². The highest BCUT2D eigenvalue weighted by atomic mass is 16.5. The summed E-state index contributed by atoms with van der Waals surface area (Å²) >= 11 is 0. The van der Waals surface area contributed by atoms with Crippen LogP contribution in [0.2, 0.25) is 0 Å². The van der Waals surface area contributed by atoms with Crippen LogP contribution in [0.25, 0.3) is 0 Å². The Morgan fingerprint density at radius 2 is 1.95 bits per heavy atom. The summed E-state index contributed by atoms with van der Waals surface area (Å²) in [4.78, 5) is 2.48. The molecule has 1 saturated heterocycles. The fourth-order valence-corrected chi connectivity index (χ4v) is 3.31. The number of methoxy groups -OCH3 is 1. The molecule has 118 valence electrons. The third-order valence-corrected chi connectivity index (χ3v) is 4.75. The number of hydrogen-bond donors (Lipinski definition) is 1. The van der Waals surface area contributed by atoms with E-state index in [2.05, 4.69) is 36.1 Å². The molecule has 1 aromatic carbocycles. The van der Waals surface area contributed by atoms with E-state index in [4.69, 9.17) is 4.74 Å². The molecule has 1 aliphatic rings. The number of rotatable bonds is 7. The maximum Gasteiger partial charge on any atom is 0.0500 e. The number of hydrogen-bond acceptors (Lipinski definition) is 3. The second kappa shape index (κ2) is 7.92. The molecule has 1 aromatic rings. The fraction of sp³-hybridized carbons (Fsp3) is 0.667. The Bertz CT molecular complexity index is 418. The van der Waals surface area contributed by atoms with E-state index in [1.54, 1.807) is 7.11 Å². The second-order valence-electron chi connectivity index (χ2n) is 6.39. The zero-order chi connectivity index (χ0) is 15.1. The number of ether oxygens (including phenoxy) is 1. The van der Waals surface area contributed by atoms with Gasteiger partial charge < -0.3 is 9.84 Å². The van der Waals surface area contributed by atoms with Crippen molar-refractivity contribution in [3.8, 4) is 0 Å². The number of aliphatic hydroxyl groups excluding tert-OH is 1. The van der Waals surface area contributed by atoms with Crippen LogP contribution in [0.15, 0.2) is 24.3 Å². The first-order valence-corrected chi connectivity index (χ1v) is 8.11. The predicted molar refractivity (Wildman–Crippen MR) is 86.3 cm³/mol. The van der Waals surface area contributed by atoms with Crippen LogP contribution < -0.4 is 0 Å². The average molecular weight is 291 g/mol. The summed E-state index contributed by atoms with van der Waals surface area (Å²) in [6.07, 6.45) is 4.31. The molecule has 0 bridgehead atoms. The molecule has 3 nitrogen and oxygen atoms in total. The first-order valence-electron chi connectivity index (χ1n) is 8.11. The van der Waals surface area contributed by atoms with E-state index in [0.717, 1.165) is 51.9 Å². The predicted octanol–water partition coefficient (Wildman–Crippen LogP) is 2.86. The van der Waals surface area contributed by atoms with E-state index in [9.17, 15) is 5.11 Å². The molecule has 0 aliphatic carbocycles. The van der Waals surface area contributed by atoms with Gasteiger partial charge in [0.1, 0.15) is 0 Å². The Hall–Kier alpha value is -0.900. The van der Waals surface area contributed by atoms with Gasteiger partial charge in [-0.3, -0.25) is 4.90 Å². The van der Waals surface area contributed by atoms with Crippen LogP contribution in [0.1, 0.15) is 37.3 Å². The Kier molecular flexibility index (Phi) is 6.22. The minimum Gasteiger partial charge on any atom is -0.396 e. The molecule has 0 aromatic heterocycles. The van der Waals surface area contributed by atoms with Crippen LogP contribution >= 0.6 is 0 Å². The van der Waals surface area contributed by atoms with Crippen LogP contribution in [0, 0.1) is 5.41 Å². The molecule has 0 spiro atoms. The number of nitrogens with zero attached hydrogens (tertiary/aromatic N) is 1. The summed E-state index contributed by atoms with van der Waals surface area (Å²) in [5.41, 5.74) is 2.78. The van der Waals surface area contributed by atoms with Gasteiger partial charge in [-0.15, -0.1) is 0 Å². The molecule has 1 fully saturated rings. The molecule has 1 atom stereocenters. The van der Waals surface area contributed by atoms with Crippen molar-refractivity contribution in [2.24, 2.45) is 5.41 Å². The Morgan fingerprint density at radius 1 is 1.24 bits per heavy atom. The highest BCUT2D eigenvalue weighted by Gasteiger charge is 2.34. The molecule has 0 radical (unpaired) electrons. The summed E-state index contributed by atoms with van der Waals surface area (Å²) in [5.74, 6) is 0. The Labute approximate surface area is 128 Å². The number of aliphatic hydroxyl groups is 1. The van der Waals surface area contributed by atoms with Crippen molar-refractivity contribution in [2.75, 3.05) is 33.4 Å². The van der Waals surface area contributed by atoms with Crippen molar-refractivity contribution in [2.45, 2.75) is 39.2 Å². The number of piperidine rings is 1. The molecule has 0 amide bonds. The first kappa shape index (κ1) is 16.5. The van der Waals surface area contributed by atoms with Gasteiger partial charge in [0.15, 0.2) is 0 Å². The summed E-state index contributed by atoms with van der Waals surface area (Å²) in [5, 5.41) is 9.84. The van der Waals surface area contributed by atoms with Crippen LogP contribution in [0.3, 0.4) is 0 Å². The monoisotopic (exact) mass is 291 g/mol. The van der Waals surface area contributed by atoms with Gasteiger partial charge in [0.2, 0.25) is 0 Å². The first-order chi connectivity index (χ1) is 10.2. The van der Waals surface area contributed by atoms with E-state index in [-0.39, 0.29) is 12.0 Å². The zero-order valence-corrected chi connectivity index (χ0v) is 13.5. The minimum absolute atomic E-state index is 0.0254. The van der Waals surface area contributed by atoms with E-state index >= 15 is 0 Å². The molecule has 1 aliphatic heterocycles. The van der Waals surface area contributed by atoms with Gasteiger partial charge in [0.25, 0.3) is 0 Å². The minimum atomic E-state index is 0.0254. The molecule has 1 heterocycles. The lowest BCUT2D eigenvalue weighted by molar-refractivity contribution is 0.00476. The standard InChI is InChI=1S/C18H29NO2/c1-3-16-5-7-17(8-6-16)13-19-11-4-9-18(14-19,15-20)10-12-21-2/h5-8,20H,3-4,9-15H2,1-2H3/t18-/m0/s1. The quantitative estimate of drug-likeness (QED) is 0.838. The summed E-state index contributed by atoms with van der Waals surface area (Å²) in [7, 11) is 1.74. The van der Waals surface area contributed by atoms with E-state index in [1.807, 2.05) is 0 Å². The van der Waals surface area contributed by atoms with Gasteiger partial charge in [0, 0.05) is 32.2 Å². The van der Waals surface area contributed by atoms with Gasteiger partial charge in [-0.2, -0.15) is 0 Å².